The summed E-state index contributed by atoms with van der Waals surface area (Å²) in [6, 6.07) is 5.45. The number of amides is 1. The standard InChI is InChI=1S/C10H14IN3O/c1-10(2,9(13)15)14-8-4-3-6(12)5-7(8)11/h3-5,14H,12H2,1-2H3,(H2,13,15). The predicted molar refractivity (Wildman–Crippen MR) is 70.5 cm³/mol. The number of primary amides is 1. The van der Waals surface area contributed by atoms with E-state index < -0.39 is 11.4 Å². The molecule has 1 aromatic carbocycles. The fourth-order valence-corrected chi connectivity index (χ4v) is 1.71. The number of carbonyl (C=O) groups is 1. The largest absolute Gasteiger partial charge is 0.399 e. The van der Waals surface area contributed by atoms with E-state index in [9.17, 15) is 4.79 Å². The van der Waals surface area contributed by atoms with Gasteiger partial charge in [-0.15, -0.1) is 0 Å². The van der Waals surface area contributed by atoms with Gasteiger partial charge in [-0.25, -0.2) is 0 Å². The van der Waals surface area contributed by atoms with Gasteiger partial charge in [0.05, 0.1) is 0 Å². The molecule has 0 aliphatic heterocycles. The summed E-state index contributed by atoms with van der Waals surface area (Å²) in [4.78, 5) is 11.1. The molecule has 1 aromatic rings. The van der Waals surface area contributed by atoms with Gasteiger partial charge in [-0.3, -0.25) is 4.79 Å². The van der Waals surface area contributed by atoms with Crippen molar-refractivity contribution in [1.29, 1.82) is 0 Å². The van der Waals surface area contributed by atoms with Crippen LogP contribution in [0.1, 0.15) is 13.8 Å². The number of benzene rings is 1. The van der Waals surface area contributed by atoms with Gasteiger partial charge in [-0.1, -0.05) is 0 Å². The number of nitrogens with one attached hydrogen (secondary N) is 1. The molecule has 0 atom stereocenters. The number of nitrogen functional groups attached to an aromatic ring is 1. The van der Waals surface area contributed by atoms with E-state index in [0.717, 1.165) is 9.26 Å². The highest BCUT2D eigenvalue weighted by Crippen LogP contribution is 2.23. The maximum Gasteiger partial charge on any atom is 0.242 e. The van der Waals surface area contributed by atoms with Gasteiger partial charge < -0.3 is 16.8 Å². The molecule has 0 spiro atoms. The average Bonchev–Trinajstić information content (AvgIpc) is 2.09. The molecule has 15 heavy (non-hydrogen) atoms. The summed E-state index contributed by atoms with van der Waals surface area (Å²) in [7, 11) is 0. The molecule has 0 saturated carbocycles. The Labute approximate surface area is 103 Å². The zero-order valence-electron chi connectivity index (χ0n) is 8.67. The van der Waals surface area contributed by atoms with E-state index in [1.165, 1.54) is 0 Å². The van der Waals surface area contributed by atoms with Crippen molar-refractivity contribution in [2.24, 2.45) is 5.73 Å². The summed E-state index contributed by atoms with van der Waals surface area (Å²) >= 11 is 2.15. The quantitative estimate of drug-likeness (QED) is 0.584. The lowest BCUT2D eigenvalue weighted by atomic mass is 10.0. The van der Waals surface area contributed by atoms with Crippen molar-refractivity contribution in [3.05, 3.63) is 21.8 Å². The first-order valence-electron chi connectivity index (χ1n) is 4.46. The van der Waals surface area contributed by atoms with Gasteiger partial charge in [-0.2, -0.15) is 0 Å². The molecule has 5 N–H and O–H groups in total. The summed E-state index contributed by atoms with van der Waals surface area (Å²) in [5, 5.41) is 3.08. The maximum absolute atomic E-state index is 11.1. The number of anilines is 2. The summed E-state index contributed by atoms with van der Waals surface area (Å²) in [6.45, 7) is 3.48. The van der Waals surface area contributed by atoms with Gasteiger partial charge >= 0.3 is 0 Å². The number of carbonyl (C=O) groups excluding carboxylic acids is 1. The zero-order chi connectivity index (χ0) is 11.6. The Balaban J connectivity index is 2.95. The van der Waals surface area contributed by atoms with E-state index in [2.05, 4.69) is 27.9 Å². The SMILES string of the molecule is CC(C)(Nc1ccc(N)cc1I)C(N)=O. The van der Waals surface area contributed by atoms with Crippen LogP contribution in [-0.4, -0.2) is 11.4 Å². The number of nitrogens with two attached hydrogens (primary N) is 2. The molecule has 0 unspecified atom stereocenters. The molecule has 0 saturated heterocycles. The van der Waals surface area contributed by atoms with Crippen LogP contribution in [0, 0.1) is 3.57 Å². The van der Waals surface area contributed by atoms with Crippen molar-refractivity contribution in [2.45, 2.75) is 19.4 Å². The molecule has 82 valence electrons. The fourth-order valence-electron chi connectivity index (χ4n) is 1.03. The van der Waals surface area contributed by atoms with E-state index in [0.29, 0.717) is 5.69 Å². The molecule has 0 aliphatic rings. The molecule has 0 aliphatic carbocycles. The Hall–Kier alpha value is -0.980. The second-order valence-electron chi connectivity index (χ2n) is 3.85. The summed E-state index contributed by atoms with van der Waals surface area (Å²) in [5.74, 6) is -0.393. The van der Waals surface area contributed by atoms with E-state index >= 15 is 0 Å². The highest BCUT2D eigenvalue weighted by Gasteiger charge is 2.24. The van der Waals surface area contributed by atoms with Gasteiger partial charge in [0.1, 0.15) is 5.54 Å². The normalized spacial score (nSPS) is 11.1. The minimum atomic E-state index is -0.768. The Morgan fingerprint density at radius 1 is 1.47 bits per heavy atom. The molecule has 4 nitrogen and oxygen atoms in total. The van der Waals surface area contributed by atoms with Crippen LogP contribution < -0.4 is 16.8 Å². The van der Waals surface area contributed by atoms with Crippen molar-refractivity contribution in [3.8, 4) is 0 Å². The summed E-state index contributed by atoms with van der Waals surface area (Å²) in [6.07, 6.45) is 0. The third-order valence-corrected chi connectivity index (χ3v) is 2.95. The lowest BCUT2D eigenvalue weighted by Crippen LogP contribution is -2.45. The van der Waals surface area contributed by atoms with Crippen LogP contribution in [0.4, 0.5) is 11.4 Å². The minimum Gasteiger partial charge on any atom is -0.399 e. The number of hydrogen-bond donors (Lipinski definition) is 3. The molecule has 5 heteroatoms. The topological polar surface area (TPSA) is 81.1 Å². The van der Waals surface area contributed by atoms with Gasteiger partial charge in [-0.05, 0) is 54.6 Å². The molecule has 0 aromatic heterocycles. The van der Waals surface area contributed by atoms with Crippen molar-refractivity contribution < 1.29 is 4.79 Å². The first-order valence-corrected chi connectivity index (χ1v) is 5.54. The molecule has 0 bridgehead atoms. The smallest absolute Gasteiger partial charge is 0.242 e. The highest BCUT2D eigenvalue weighted by molar-refractivity contribution is 14.1. The maximum atomic E-state index is 11.1. The second-order valence-corrected chi connectivity index (χ2v) is 5.02. The van der Waals surface area contributed by atoms with E-state index in [1.807, 2.05) is 12.1 Å². The lowest BCUT2D eigenvalue weighted by molar-refractivity contribution is -0.121. The van der Waals surface area contributed by atoms with Crippen LogP contribution in [0.5, 0.6) is 0 Å². The van der Waals surface area contributed by atoms with E-state index in [1.54, 1.807) is 19.9 Å². The van der Waals surface area contributed by atoms with Crippen LogP contribution in [0.2, 0.25) is 0 Å². The molecular formula is C10H14IN3O. The summed E-state index contributed by atoms with van der Waals surface area (Å²) in [5.41, 5.74) is 11.7. The fraction of sp³-hybridized carbons (Fsp3) is 0.300. The van der Waals surface area contributed by atoms with Gasteiger partial charge in [0.25, 0.3) is 0 Å². The van der Waals surface area contributed by atoms with Crippen molar-refractivity contribution in [2.75, 3.05) is 11.1 Å². The summed E-state index contributed by atoms with van der Waals surface area (Å²) < 4.78 is 0.960. The molecule has 1 rings (SSSR count). The van der Waals surface area contributed by atoms with Crippen LogP contribution in [0.25, 0.3) is 0 Å². The van der Waals surface area contributed by atoms with Crippen molar-refractivity contribution in [1.82, 2.24) is 0 Å². The molecular weight excluding hydrogens is 305 g/mol. The lowest BCUT2D eigenvalue weighted by Gasteiger charge is -2.24. The molecule has 0 fully saturated rings. The molecule has 0 radical (unpaired) electrons. The first kappa shape index (κ1) is 12.1. The van der Waals surface area contributed by atoms with Crippen molar-refractivity contribution in [3.63, 3.8) is 0 Å². The van der Waals surface area contributed by atoms with Gasteiger partial charge in [0.2, 0.25) is 5.91 Å². The Morgan fingerprint density at radius 2 is 2.07 bits per heavy atom. The zero-order valence-corrected chi connectivity index (χ0v) is 10.8. The average molecular weight is 319 g/mol. The first-order chi connectivity index (χ1) is 6.83. The highest BCUT2D eigenvalue weighted by atomic mass is 127. The monoisotopic (exact) mass is 319 g/mol. The Morgan fingerprint density at radius 3 is 2.53 bits per heavy atom. The molecule has 0 heterocycles. The molecule has 1 amide bonds. The minimum absolute atomic E-state index is 0.393. The third-order valence-electron chi connectivity index (χ3n) is 2.06. The number of halogens is 1. The number of rotatable bonds is 3. The predicted octanol–water partition coefficient (Wildman–Crippen LogP) is 1.55. The van der Waals surface area contributed by atoms with E-state index in [-0.39, 0.29) is 0 Å². The number of hydrogen-bond acceptors (Lipinski definition) is 3. The van der Waals surface area contributed by atoms with Crippen LogP contribution in [-0.2, 0) is 4.79 Å². The van der Waals surface area contributed by atoms with Gasteiger partial charge in [0.15, 0.2) is 0 Å². The van der Waals surface area contributed by atoms with Crippen LogP contribution in [0.3, 0.4) is 0 Å². The van der Waals surface area contributed by atoms with Crippen molar-refractivity contribution >= 4 is 39.9 Å². The Kier molecular flexibility index (Phi) is 3.43. The Bertz CT molecular complexity index is 390. The van der Waals surface area contributed by atoms with Crippen LogP contribution in [0.15, 0.2) is 18.2 Å². The van der Waals surface area contributed by atoms with Gasteiger partial charge in [0, 0.05) is 14.9 Å². The third kappa shape index (κ3) is 2.98. The van der Waals surface area contributed by atoms with E-state index in [4.69, 9.17) is 11.5 Å². The second kappa shape index (κ2) is 4.26. The van der Waals surface area contributed by atoms with Crippen LogP contribution >= 0.6 is 22.6 Å².